The molecule has 0 saturated carbocycles. The highest BCUT2D eigenvalue weighted by Gasteiger charge is 2.31. The van der Waals surface area contributed by atoms with Gasteiger partial charge in [-0.2, -0.15) is 12.6 Å². The van der Waals surface area contributed by atoms with Gasteiger partial charge in [0.1, 0.15) is 4.08 Å². The van der Waals surface area contributed by atoms with E-state index < -0.39 is 4.08 Å². The summed E-state index contributed by atoms with van der Waals surface area (Å²) in [4.78, 5) is 0. The fourth-order valence-electron chi connectivity index (χ4n) is 3.36. The van der Waals surface area contributed by atoms with Crippen molar-refractivity contribution in [1.82, 2.24) is 0 Å². The zero-order valence-electron chi connectivity index (χ0n) is 17.6. The monoisotopic (exact) mass is 406 g/mol. The fraction of sp³-hybridized carbons (Fsp3) is 0.231. The van der Waals surface area contributed by atoms with Crippen molar-refractivity contribution in [3.63, 3.8) is 0 Å². The topological polar surface area (TPSA) is 0 Å². The predicted molar refractivity (Wildman–Crippen MR) is 135 cm³/mol. The number of thiol groups is 1. The van der Waals surface area contributed by atoms with Crippen LogP contribution in [0.15, 0.2) is 62.7 Å². The maximum Gasteiger partial charge on any atom is 0.108 e. The summed E-state index contributed by atoms with van der Waals surface area (Å²) in [6, 6.07) is 12.9. The molecule has 0 bridgehead atoms. The summed E-state index contributed by atoms with van der Waals surface area (Å²) in [7, 11) is 0. The molecule has 0 spiro atoms. The van der Waals surface area contributed by atoms with Gasteiger partial charge in [-0.3, -0.25) is 0 Å². The fourth-order valence-corrected chi connectivity index (χ4v) is 4.37. The highest BCUT2D eigenvalue weighted by atomic mass is 32.2. The lowest BCUT2D eigenvalue weighted by atomic mass is 9.90. The van der Waals surface area contributed by atoms with Gasteiger partial charge in [0.15, 0.2) is 0 Å². The molecule has 0 aliphatic rings. The first-order valence-electron chi connectivity index (χ1n) is 9.23. The molecule has 2 heteroatoms. The summed E-state index contributed by atoms with van der Waals surface area (Å²) in [5.41, 5.74) is 10.9. The quantitative estimate of drug-likeness (QED) is 0.356. The average Bonchev–Trinajstić information content (AvgIpc) is 2.65. The lowest BCUT2D eigenvalue weighted by Crippen LogP contribution is -2.17. The number of hydrogen-bond donors (Lipinski definition) is 1. The van der Waals surface area contributed by atoms with E-state index in [0.29, 0.717) is 0 Å². The summed E-state index contributed by atoms with van der Waals surface area (Å²) in [6.07, 6.45) is 2.09. The van der Waals surface area contributed by atoms with Gasteiger partial charge in [0, 0.05) is 0 Å². The Hall–Kier alpha value is -1.90. The van der Waals surface area contributed by atoms with Gasteiger partial charge >= 0.3 is 0 Å². The van der Waals surface area contributed by atoms with Crippen LogP contribution in [-0.4, -0.2) is 6.26 Å². The summed E-state index contributed by atoms with van der Waals surface area (Å²) >= 11 is 6.87. The van der Waals surface area contributed by atoms with Crippen LogP contribution >= 0.6 is 24.4 Å². The van der Waals surface area contributed by atoms with Crippen LogP contribution in [0, 0.1) is 0 Å². The van der Waals surface area contributed by atoms with Gasteiger partial charge in [0.25, 0.3) is 0 Å². The van der Waals surface area contributed by atoms with E-state index >= 15 is 0 Å². The summed E-state index contributed by atoms with van der Waals surface area (Å²) < 4.78 is -0.490. The van der Waals surface area contributed by atoms with E-state index in [1.54, 1.807) is 11.8 Å². The molecule has 0 aromatic heterocycles. The van der Waals surface area contributed by atoms with E-state index in [1.165, 1.54) is 0 Å². The van der Waals surface area contributed by atoms with Crippen molar-refractivity contribution < 1.29 is 0 Å². The van der Waals surface area contributed by atoms with Crippen molar-refractivity contribution in [2.24, 2.45) is 0 Å². The van der Waals surface area contributed by atoms with Gasteiger partial charge in [-0.1, -0.05) is 72.9 Å². The van der Waals surface area contributed by atoms with Gasteiger partial charge in [-0.25, -0.2) is 0 Å². The van der Waals surface area contributed by atoms with Crippen LogP contribution in [-0.2, 0) is 4.08 Å². The maximum absolute atomic E-state index is 5.16. The van der Waals surface area contributed by atoms with E-state index in [9.17, 15) is 0 Å². The minimum atomic E-state index is -0.490. The minimum absolute atomic E-state index is 0.490. The third kappa shape index (κ3) is 4.24. The Morgan fingerprint density at radius 2 is 1.00 bits per heavy atom. The Labute approximate surface area is 180 Å². The Balaban J connectivity index is 2.72. The van der Waals surface area contributed by atoms with Crippen molar-refractivity contribution in [2.45, 2.75) is 31.8 Å². The van der Waals surface area contributed by atoms with Crippen LogP contribution in [0.2, 0.25) is 0 Å². The highest BCUT2D eigenvalue weighted by Crippen LogP contribution is 2.47. The number of thioether (sulfide) groups is 1. The van der Waals surface area contributed by atoms with Crippen molar-refractivity contribution in [1.29, 1.82) is 0 Å². The minimum Gasteiger partial charge on any atom is -0.152 e. The molecule has 0 N–H and O–H groups in total. The standard InChI is InChI=1S/C26H30S2/c1-16(2)22-12-10-20(14-24(22)18(5)6)26(27,28-9)21-11-13-23(17(3)4)25(15-21)19(7)8/h10-15,27H,1,3,5,7H2,2,4,6,8-9H3. The van der Waals surface area contributed by atoms with Crippen LogP contribution in [0.25, 0.3) is 22.3 Å². The largest absolute Gasteiger partial charge is 0.152 e. The van der Waals surface area contributed by atoms with Gasteiger partial charge in [0.05, 0.1) is 0 Å². The Morgan fingerprint density at radius 1 is 0.679 bits per heavy atom. The van der Waals surface area contributed by atoms with E-state index in [-0.39, 0.29) is 0 Å². The molecular formula is C26H30S2. The molecule has 0 fully saturated rings. The smallest absolute Gasteiger partial charge is 0.108 e. The second kappa shape index (κ2) is 8.63. The normalized spacial score (nSPS) is 11.2. The Bertz CT molecular complexity index is 900. The molecule has 146 valence electrons. The number of allylic oxidation sites excluding steroid dienone is 4. The molecule has 0 heterocycles. The van der Waals surface area contributed by atoms with Crippen LogP contribution in [0.3, 0.4) is 0 Å². The van der Waals surface area contributed by atoms with Gasteiger partial charge in [0.2, 0.25) is 0 Å². The van der Waals surface area contributed by atoms with Crippen molar-refractivity contribution in [2.75, 3.05) is 6.26 Å². The molecule has 0 aliphatic heterocycles. The average molecular weight is 407 g/mol. The van der Waals surface area contributed by atoms with Crippen LogP contribution in [0.4, 0.5) is 0 Å². The number of hydrogen-bond acceptors (Lipinski definition) is 2. The molecule has 0 radical (unpaired) electrons. The first-order valence-corrected chi connectivity index (χ1v) is 10.9. The molecule has 0 unspecified atom stereocenters. The molecule has 2 aromatic rings. The lowest BCUT2D eigenvalue weighted by Gasteiger charge is -2.30. The van der Waals surface area contributed by atoms with Crippen molar-refractivity contribution >= 4 is 46.7 Å². The summed E-state index contributed by atoms with van der Waals surface area (Å²) in [5, 5.41) is 0. The van der Waals surface area contributed by atoms with Crippen LogP contribution in [0.5, 0.6) is 0 Å². The number of rotatable bonds is 7. The molecule has 0 saturated heterocycles. The Morgan fingerprint density at radius 3 is 1.25 bits per heavy atom. The highest BCUT2D eigenvalue weighted by molar-refractivity contribution is 8.10. The molecule has 0 atom stereocenters. The molecule has 0 amide bonds. The maximum atomic E-state index is 5.16. The predicted octanol–water partition coefficient (Wildman–Crippen LogP) is 8.31. The second-order valence-corrected chi connectivity index (χ2v) is 9.48. The molecule has 0 aliphatic carbocycles. The molecule has 2 rings (SSSR count). The van der Waals surface area contributed by atoms with Crippen molar-refractivity contribution in [3.05, 3.63) is 96.1 Å². The van der Waals surface area contributed by atoms with Gasteiger partial charge in [-0.05, 0) is 79.5 Å². The third-order valence-corrected chi connectivity index (χ3v) is 7.08. The van der Waals surface area contributed by atoms with Crippen molar-refractivity contribution in [3.8, 4) is 0 Å². The van der Waals surface area contributed by atoms with Crippen LogP contribution < -0.4 is 0 Å². The first kappa shape index (κ1) is 22.4. The number of benzene rings is 2. The molecular weight excluding hydrogens is 376 g/mol. The molecule has 0 nitrogen and oxygen atoms in total. The molecule has 2 aromatic carbocycles. The Kier molecular flexibility index (Phi) is 6.90. The van der Waals surface area contributed by atoms with Crippen LogP contribution in [0.1, 0.15) is 61.1 Å². The summed E-state index contributed by atoms with van der Waals surface area (Å²) in [5.74, 6) is 0. The zero-order valence-corrected chi connectivity index (χ0v) is 19.4. The van der Waals surface area contributed by atoms with E-state index in [0.717, 1.165) is 55.7 Å². The zero-order chi connectivity index (χ0) is 21.2. The molecule has 28 heavy (non-hydrogen) atoms. The van der Waals surface area contributed by atoms with Gasteiger partial charge in [-0.15, -0.1) is 11.8 Å². The van der Waals surface area contributed by atoms with Gasteiger partial charge < -0.3 is 0 Å². The summed E-state index contributed by atoms with van der Waals surface area (Å²) in [6.45, 7) is 24.7. The van der Waals surface area contributed by atoms with E-state index in [2.05, 4.69) is 69.0 Å². The second-order valence-electron chi connectivity index (χ2n) is 7.49. The first-order chi connectivity index (χ1) is 13.0. The lowest BCUT2D eigenvalue weighted by molar-refractivity contribution is 1.08. The SMILES string of the molecule is C=C(C)c1ccc(C(S)(SC)c2ccc(C(=C)C)c(C(=C)C)c2)cc1C(=C)C. The third-order valence-electron chi connectivity index (χ3n) is 4.96. The van der Waals surface area contributed by atoms with E-state index in [4.69, 9.17) is 12.6 Å². The van der Waals surface area contributed by atoms with E-state index in [1.807, 2.05) is 27.7 Å².